The fraction of sp³-hybridized carbons (Fsp3) is 0.750. The SMILES string of the molecule is C=CCNC(=O)[C@@H]1CCCN1S(=O)C(C)(C)C. The Labute approximate surface area is 106 Å². The van der Waals surface area contributed by atoms with Crippen molar-refractivity contribution in [3.05, 3.63) is 12.7 Å². The number of hydrogen-bond acceptors (Lipinski definition) is 2. The van der Waals surface area contributed by atoms with Crippen molar-refractivity contribution in [2.24, 2.45) is 0 Å². The molecule has 1 N–H and O–H groups in total. The second-order valence-corrected chi connectivity index (χ2v) is 7.39. The summed E-state index contributed by atoms with van der Waals surface area (Å²) in [6.45, 7) is 10.6. The molecule has 0 radical (unpaired) electrons. The van der Waals surface area contributed by atoms with Gasteiger partial charge in [-0.05, 0) is 33.6 Å². The van der Waals surface area contributed by atoms with Crippen LogP contribution in [0.1, 0.15) is 33.6 Å². The van der Waals surface area contributed by atoms with Gasteiger partial charge in [0.2, 0.25) is 5.91 Å². The summed E-state index contributed by atoms with van der Waals surface area (Å²) in [6, 6.07) is -0.255. The molecule has 1 aliphatic heterocycles. The third-order valence-corrected chi connectivity index (χ3v) is 4.57. The molecule has 0 saturated carbocycles. The van der Waals surface area contributed by atoms with E-state index < -0.39 is 11.0 Å². The van der Waals surface area contributed by atoms with Gasteiger partial charge in [-0.2, -0.15) is 0 Å². The molecular weight excluding hydrogens is 236 g/mol. The van der Waals surface area contributed by atoms with E-state index in [1.54, 1.807) is 6.08 Å². The van der Waals surface area contributed by atoms with Gasteiger partial charge in [-0.25, -0.2) is 8.51 Å². The minimum atomic E-state index is -1.12. The Balaban J connectivity index is 2.69. The number of rotatable bonds is 4. The van der Waals surface area contributed by atoms with E-state index in [-0.39, 0.29) is 16.7 Å². The number of hydrogen-bond donors (Lipinski definition) is 1. The maximum atomic E-state index is 12.3. The molecule has 1 fully saturated rings. The fourth-order valence-electron chi connectivity index (χ4n) is 1.84. The molecular formula is C12H22N2O2S. The van der Waals surface area contributed by atoms with Gasteiger partial charge in [0, 0.05) is 13.1 Å². The lowest BCUT2D eigenvalue weighted by molar-refractivity contribution is -0.123. The molecule has 1 saturated heterocycles. The zero-order valence-corrected chi connectivity index (χ0v) is 11.7. The average Bonchev–Trinajstić information content (AvgIpc) is 2.72. The van der Waals surface area contributed by atoms with Gasteiger partial charge in [0.25, 0.3) is 0 Å². The smallest absolute Gasteiger partial charge is 0.238 e. The molecule has 4 nitrogen and oxygen atoms in total. The Morgan fingerprint density at radius 3 is 2.76 bits per heavy atom. The Kier molecular flexibility index (Phi) is 4.89. The van der Waals surface area contributed by atoms with Crippen LogP contribution in [0.2, 0.25) is 0 Å². The summed E-state index contributed by atoms with van der Waals surface area (Å²) in [4.78, 5) is 11.9. The van der Waals surface area contributed by atoms with Gasteiger partial charge in [0.05, 0.1) is 4.75 Å². The van der Waals surface area contributed by atoms with E-state index in [0.717, 1.165) is 19.4 Å². The fourth-order valence-corrected chi connectivity index (χ4v) is 3.27. The van der Waals surface area contributed by atoms with Crippen LogP contribution >= 0.6 is 0 Å². The standard InChI is InChI=1S/C12H22N2O2S/c1-5-8-13-11(15)10-7-6-9-14(10)17(16)12(2,3)4/h5,10H,1,6-9H2,2-4H3,(H,13,15)/t10-,17?/m0/s1. The Morgan fingerprint density at radius 1 is 1.59 bits per heavy atom. The van der Waals surface area contributed by atoms with Crippen LogP contribution in [-0.2, 0) is 15.8 Å². The molecule has 1 heterocycles. The predicted molar refractivity (Wildman–Crippen MR) is 70.8 cm³/mol. The Morgan fingerprint density at radius 2 is 2.24 bits per heavy atom. The molecule has 1 amide bonds. The summed E-state index contributed by atoms with van der Waals surface area (Å²) in [7, 11) is -1.12. The summed E-state index contributed by atoms with van der Waals surface area (Å²) in [6.07, 6.45) is 3.36. The number of carbonyl (C=O) groups excluding carboxylic acids is 1. The third kappa shape index (κ3) is 3.64. The van der Waals surface area contributed by atoms with Crippen molar-refractivity contribution in [2.45, 2.75) is 44.4 Å². The van der Waals surface area contributed by atoms with Crippen molar-refractivity contribution in [3.8, 4) is 0 Å². The molecule has 0 aromatic rings. The van der Waals surface area contributed by atoms with E-state index in [1.165, 1.54) is 0 Å². The quantitative estimate of drug-likeness (QED) is 0.771. The molecule has 17 heavy (non-hydrogen) atoms. The molecule has 0 aromatic heterocycles. The van der Waals surface area contributed by atoms with E-state index in [2.05, 4.69) is 11.9 Å². The van der Waals surface area contributed by atoms with Gasteiger partial charge in [0.1, 0.15) is 17.0 Å². The van der Waals surface area contributed by atoms with Crippen LogP contribution in [0.4, 0.5) is 0 Å². The van der Waals surface area contributed by atoms with E-state index in [4.69, 9.17) is 0 Å². The highest BCUT2D eigenvalue weighted by Gasteiger charge is 2.38. The summed E-state index contributed by atoms with van der Waals surface area (Å²) in [5, 5.41) is 2.78. The second kappa shape index (κ2) is 5.78. The molecule has 1 unspecified atom stereocenters. The first kappa shape index (κ1) is 14.4. The van der Waals surface area contributed by atoms with Crippen molar-refractivity contribution < 1.29 is 9.00 Å². The number of carbonyl (C=O) groups is 1. The van der Waals surface area contributed by atoms with Crippen LogP contribution in [0.25, 0.3) is 0 Å². The highest BCUT2D eigenvalue weighted by Crippen LogP contribution is 2.25. The molecule has 1 aliphatic rings. The van der Waals surface area contributed by atoms with Crippen LogP contribution in [0, 0.1) is 0 Å². The lowest BCUT2D eigenvalue weighted by atomic mass is 10.2. The molecule has 1 rings (SSSR count). The summed E-state index contributed by atoms with van der Waals surface area (Å²) in [5.41, 5.74) is 0. The van der Waals surface area contributed by atoms with Crippen LogP contribution in [0.5, 0.6) is 0 Å². The van der Waals surface area contributed by atoms with Gasteiger partial charge < -0.3 is 5.32 Å². The van der Waals surface area contributed by atoms with Crippen molar-refractivity contribution in [3.63, 3.8) is 0 Å². The van der Waals surface area contributed by atoms with Gasteiger partial charge >= 0.3 is 0 Å². The van der Waals surface area contributed by atoms with E-state index >= 15 is 0 Å². The zero-order chi connectivity index (χ0) is 13.1. The average molecular weight is 258 g/mol. The molecule has 0 spiro atoms. The third-order valence-electron chi connectivity index (χ3n) is 2.66. The van der Waals surface area contributed by atoms with Crippen LogP contribution in [0.3, 0.4) is 0 Å². The maximum Gasteiger partial charge on any atom is 0.238 e. The van der Waals surface area contributed by atoms with Crippen LogP contribution in [-0.4, -0.2) is 38.3 Å². The Bertz CT molecular complexity index is 323. The number of nitrogens with zero attached hydrogens (tertiary/aromatic N) is 1. The second-order valence-electron chi connectivity index (χ2n) is 5.19. The van der Waals surface area contributed by atoms with Gasteiger partial charge in [0.15, 0.2) is 0 Å². The minimum Gasteiger partial charge on any atom is -0.351 e. The van der Waals surface area contributed by atoms with Gasteiger partial charge in [-0.3, -0.25) is 4.79 Å². The van der Waals surface area contributed by atoms with Crippen molar-refractivity contribution in [1.29, 1.82) is 0 Å². The van der Waals surface area contributed by atoms with Gasteiger partial charge in [-0.15, -0.1) is 6.58 Å². The van der Waals surface area contributed by atoms with E-state index in [9.17, 15) is 9.00 Å². The minimum absolute atomic E-state index is 0.0417. The molecule has 0 aliphatic carbocycles. The van der Waals surface area contributed by atoms with Crippen LogP contribution < -0.4 is 5.32 Å². The highest BCUT2D eigenvalue weighted by atomic mass is 32.2. The van der Waals surface area contributed by atoms with Crippen molar-refractivity contribution in [1.82, 2.24) is 9.62 Å². The number of nitrogens with one attached hydrogen (secondary N) is 1. The highest BCUT2D eigenvalue weighted by molar-refractivity contribution is 7.84. The predicted octanol–water partition coefficient (Wildman–Crippen LogP) is 1.22. The normalized spacial score (nSPS) is 23.4. The molecule has 0 aromatic carbocycles. The van der Waals surface area contributed by atoms with Gasteiger partial charge in [-0.1, -0.05) is 6.08 Å². The maximum absolute atomic E-state index is 12.3. The van der Waals surface area contributed by atoms with E-state index in [1.807, 2.05) is 25.1 Å². The first-order valence-corrected chi connectivity index (χ1v) is 7.06. The first-order chi connectivity index (χ1) is 7.88. The molecule has 0 bridgehead atoms. The van der Waals surface area contributed by atoms with Crippen LogP contribution in [0.15, 0.2) is 12.7 Å². The zero-order valence-electron chi connectivity index (χ0n) is 10.9. The number of amides is 1. The summed E-state index contributed by atoms with van der Waals surface area (Å²) >= 11 is 0. The molecule has 5 heteroatoms. The summed E-state index contributed by atoms with van der Waals surface area (Å²) in [5.74, 6) is -0.0417. The topological polar surface area (TPSA) is 49.4 Å². The van der Waals surface area contributed by atoms with E-state index in [0.29, 0.717) is 6.54 Å². The monoisotopic (exact) mass is 258 g/mol. The summed E-state index contributed by atoms with van der Waals surface area (Å²) < 4.78 is 13.8. The molecule has 2 atom stereocenters. The largest absolute Gasteiger partial charge is 0.351 e. The van der Waals surface area contributed by atoms with Crippen molar-refractivity contribution in [2.75, 3.05) is 13.1 Å². The lowest BCUT2D eigenvalue weighted by Gasteiger charge is -2.29. The first-order valence-electron chi connectivity index (χ1n) is 5.95. The lowest BCUT2D eigenvalue weighted by Crippen LogP contribution is -2.47. The molecule has 98 valence electrons. The van der Waals surface area contributed by atoms with Crippen molar-refractivity contribution >= 4 is 16.9 Å². The Hall–Kier alpha value is -0.680.